The van der Waals surface area contributed by atoms with Crippen molar-refractivity contribution in [2.24, 2.45) is 5.41 Å². The number of aryl methyl sites for hydroxylation is 2. The maximum absolute atomic E-state index is 3.52. The zero-order valence-corrected chi connectivity index (χ0v) is 12.9. The van der Waals surface area contributed by atoms with E-state index in [1.54, 1.807) is 0 Å². The normalized spacial score (nSPS) is 12.2. The van der Waals surface area contributed by atoms with Gasteiger partial charge < -0.3 is 5.32 Å². The third kappa shape index (κ3) is 4.81. The Morgan fingerprint density at radius 1 is 1.11 bits per heavy atom. The number of hydrogen-bond acceptors (Lipinski definition) is 1. The van der Waals surface area contributed by atoms with E-state index in [9.17, 15) is 0 Å². The lowest BCUT2D eigenvalue weighted by Crippen LogP contribution is -2.28. The summed E-state index contributed by atoms with van der Waals surface area (Å²) in [5.74, 6) is 0. The Kier molecular flexibility index (Phi) is 5.40. The van der Waals surface area contributed by atoms with Gasteiger partial charge in [-0.3, -0.25) is 0 Å². The van der Waals surface area contributed by atoms with Crippen LogP contribution in [-0.2, 0) is 6.42 Å². The van der Waals surface area contributed by atoms with E-state index >= 15 is 0 Å². The van der Waals surface area contributed by atoms with Crippen molar-refractivity contribution in [2.45, 2.75) is 60.4 Å². The smallest absolute Gasteiger partial charge is 0.00103 e. The number of rotatable bonds is 6. The molecule has 0 aliphatic carbocycles. The summed E-state index contributed by atoms with van der Waals surface area (Å²) in [5, 5.41) is 3.52. The van der Waals surface area contributed by atoms with Gasteiger partial charge in [-0.25, -0.2) is 0 Å². The Bertz CT molecular complexity index is 357. The third-order valence-electron chi connectivity index (χ3n) is 3.65. The molecule has 0 spiro atoms. The van der Waals surface area contributed by atoms with Gasteiger partial charge in [0.15, 0.2) is 0 Å². The van der Waals surface area contributed by atoms with Crippen molar-refractivity contribution in [2.75, 3.05) is 6.54 Å². The molecular formula is C17H29N. The van der Waals surface area contributed by atoms with Crippen LogP contribution in [0, 0.1) is 19.3 Å². The quantitative estimate of drug-likeness (QED) is 0.792. The first-order valence-electron chi connectivity index (χ1n) is 7.10. The second-order valence-electron chi connectivity index (χ2n) is 6.57. The Morgan fingerprint density at radius 2 is 1.67 bits per heavy atom. The van der Waals surface area contributed by atoms with E-state index in [0.717, 1.165) is 6.54 Å². The molecule has 1 rings (SSSR count). The fraction of sp³-hybridized carbons (Fsp3) is 0.647. The molecule has 0 aliphatic rings. The van der Waals surface area contributed by atoms with Gasteiger partial charge in [0.2, 0.25) is 0 Å². The van der Waals surface area contributed by atoms with Gasteiger partial charge in [-0.2, -0.15) is 0 Å². The lowest BCUT2D eigenvalue weighted by atomic mass is 9.80. The predicted molar refractivity (Wildman–Crippen MR) is 81.2 cm³/mol. The van der Waals surface area contributed by atoms with Crippen molar-refractivity contribution in [1.29, 1.82) is 0 Å². The van der Waals surface area contributed by atoms with E-state index in [-0.39, 0.29) is 0 Å². The van der Waals surface area contributed by atoms with Gasteiger partial charge >= 0.3 is 0 Å². The summed E-state index contributed by atoms with van der Waals surface area (Å²) < 4.78 is 0. The van der Waals surface area contributed by atoms with E-state index in [2.05, 4.69) is 65.1 Å². The van der Waals surface area contributed by atoms with E-state index in [0.29, 0.717) is 11.5 Å². The van der Waals surface area contributed by atoms with Crippen LogP contribution in [0.1, 0.15) is 50.8 Å². The SMILES string of the molecule is Cc1cccc(C)c1CC(C)(C)CCNC(C)C. The predicted octanol–water partition coefficient (Wildman–Crippen LogP) is 4.26. The molecule has 1 heteroatoms. The summed E-state index contributed by atoms with van der Waals surface area (Å²) in [5.41, 5.74) is 4.76. The molecule has 0 fully saturated rings. The van der Waals surface area contributed by atoms with Crippen LogP contribution >= 0.6 is 0 Å². The van der Waals surface area contributed by atoms with Crippen LogP contribution < -0.4 is 5.32 Å². The summed E-state index contributed by atoms with van der Waals surface area (Å²) in [6, 6.07) is 7.19. The highest BCUT2D eigenvalue weighted by Crippen LogP contribution is 2.28. The van der Waals surface area contributed by atoms with Gasteiger partial charge in [0.05, 0.1) is 0 Å². The molecule has 0 bridgehead atoms. The summed E-state index contributed by atoms with van der Waals surface area (Å²) in [6.07, 6.45) is 2.39. The Hall–Kier alpha value is -0.820. The molecule has 0 amide bonds. The highest BCUT2D eigenvalue weighted by Gasteiger charge is 2.20. The van der Waals surface area contributed by atoms with Crippen LogP contribution in [0.2, 0.25) is 0 Å². The Labute approximate surface area is 113 Å². The standard InChI is InChI=1S/C17H29N/c1-13(2)18-11-10-17(5,6)12-16-14(3)8-7-9-15(16)4/h7-9,13,18H,10-12H2,1-6H3. The summed E-state index contributed by atoms with van der Waals surface area (Å²) in [7, 11) is 0. The van der Waals surface area contributed by atoms with Gasteiger partial charge in [-0.1, -0.05) is 45.9 Å². The van der Waals surface area contributed by atoms with Crippen LogP contribution in [0.15, 0.2) is 18.2 Å². The summed E-state index contributed by atoms with van der Waals surface area (Å²) >= 11 is 0. The second kappa shape index (κ2) is 6.38. The van der Waals surface area contributed by atoms with Crippen LogP contribution in [0.4, 0.5) is 0 Å². The van der Waals surface area contributed by atoms with Gasteiger partial charge in [0.1, 0.15) is 0 Å². The molecule has 1 N–H and O–H groups in total. The molecule has 0 atom stereocenters. The van der Waals surface area contributed by atoms with Gasteiger partial charge in [0.25, 0.3) is 0 Å². The van der Waals surface area contributed by atoms with Gasteiger partial charge in [-0.05, 0) is 55.3 Å². The molecule has 1 nitrogen and oxygen atoms in total. The number of nitrogens with one attached hydrogen (secondary N) is 1. The molecule has 102 valence electrons. The third-order valence-corrected chi connectivity index (χ3v) is 3.65. The molecular weight excluding hydrogens is 218 g/mol. The maximum atomic E-state index is 3.52. The highest BCUT2D eigenvalue weighted by atomic mass is 14.9. The molecule has 1 aromatic carbocycles. The van der Waals surface area contributed by atoms with E-state index < -0.39 is 0 Å². The minimum absolute atomic E-state index is 0.360. The zero-order valence-electron chi connectivity index (χ0n) is 12.9. The van der Waals surface area contributed by atoms with Gasteiger partial charge in [-0.15, -0.1) is 0 Å². The highest BCUT2D eigenvalue weighted by molar-refractivity contribution is 5.34. The average Bonchev–Trinajstić information content (AvgIpc) is 2.23. The lowest BCUT2D eigenvalue weighted by Gasteiger charge is -2.27. The van der Waals surface area contributed by atoms with Crippen molar-refractivity contribution >= 4 is 0 Å². The fourth-order valence-electron chi connectivity index (χ4n) is 2.39. The monoisotopic (exact) mass is 247 g/mol. The van der Waals surface area contributed by atoms with Crippen molar-refractivity contribution in [1.82, 2.24) is 5.32 Å². The largest absolute Gasteiger partial charge is 0.315 e. The lowest BCUT2D eigenvalue weighted by molar-refractivity contribution is 0.319. The first-order chi connectivity index (χ1) is 8.32. The van der Waals surface area contributed by atoms with E-state index in [1.807, 2.05) is 0 Å². The number of benzene rings is 1. The minimum Gasteiger partial charge on any atom is -0.315 e. The van der Waals surface area contributed by atoms with E-state index in [4.69, 9.17) is 0 Å². The van der Waals surface area contributed by atoms with Crippen molar-refractivity contribution in [3.63, 3.8) is 0 Å². The van der Waals surface area contributed by atoms with Crippen LogP contribution in [-0.4, -0.2) is 12.6 Å². The topological polar surface area (TPSA) is 12.0 Å². The maximum Gasteiger partial charge on any atom is 0.00103 e. The first kappa shape index (κ1) is 15.2. The second-order valence-corrected chi connectivity index (χ2v) is 6.57. The Balaban J connectivity index is 2.64. The molecule has 0 unspecified atom stereocenters. The molecule has 0 heterocycles. The molecule has 0 aliphatic heterocycles. The van der Waals surface area contributed by atoms with Gasteiger partial charge in [0, 0.05) is 6.04 Å². The fourth-order valence-corrected chi connectivity index (χ4v) is 2.39. The van der Waals surface area contributed by atoms with Crippen molar-refractivity contribution < 1.29 is 0 Å². The molecule has 0 aromatic heterocycles. The van der Waals surface area contributed by atoms with Crippen LogP contribution in [0.25, 0.3) is 0 Å². The van der Waals surface area contributed by atoms with E-state index in [1.165, 1.54) is 29.5 Å². The summed E-state index contributed by atoms with van der Waals surface area (Å²) in [4.78, 5) is 0. The van der Waals surface area contributed by atoms with Crippen LogP contribution in [0.5, 0.6) is 0 Å². The average molecular weight is 247 g/mol. The first-order valence-corrected chi connectivity index (χ1v) is 7.10. The summed E-state index contributed by atoms with van der Waals surface area (Å²) in [6.45, 7) is 14.7. The van der Waals surface area contributed by atoms with Crippen molar-refractivity contribution in [3.8, 4) is 0 Å². The molecule has 0 radical (unpaired) electrons. The Morgan fingerprint density at radius 3 is 2.17 bits per heavy atom. The van der Waals surface area contributed by atoms with Crippen LogP contribution in [0.3, 0.4) is 0 Å². The molecule has 18 heavy (non-hydrogen) atoms. The molecule has 1 aromatic rings. The molecule has 0 saturated heterocycles. The molecule has 0 saturated carbocycles. The van der Waals surface area contributed by atoms with Crippen molar-refractivity contribution in [3.05, 3.63) is 34.9 Å². The zero-order chi connectivity index (χ0) is 13.8. The number of hydrogen-bond donors (Lipinski definition) is 1. The minimum atomic E-state index is 0.360.